The minimum atomic E-state index is -0.448. The first kappa shape index (κ1) is 17.4. The molecule has 0 bridgehead atoms. The fraction of sp³-hybridized carbons (Fsp3) is 0.222. The number of rotatable bonds is 7. The van der Waals surface area contributed by atoms with Crippen molar-refractivity contribution in [2.45, 2.75) is 13.3 Å². The maximum atomic E-state index is 11.4. The van der Waals surface area contributed by atoms with Crippen LogP contribution in [-0.2, 0) is 9.53 Å². The summed E-state index contributed by atoms with van der Waals surface area (Å²) in [5.41, 5.74) is 2.13. The van der Waals surface area contributed by atoms with Gasteiger partial charge in [-0.2, -0.15) is 0 Å². The van der Waals surface area contributed by atoms with Gasteiger partial charge in [0.25, 0.3) is 5.69 Å². The monoisotopic (exact) mass is 355 g/mol. The lowest BCUT2D eigenvalue weighted by atomic mass is 10.2. The SMILES string of the molecule is CCCOC(=O)COc1ccc(-c2cn3cc([N+](=O)[O-])ccc3n2)cc1. The van der Waals surface area contributed by atoms with E-state index in [4.69, 9.17) is 9.47 Å². The van der Waals surface area contributed by atoms with Crippen LogP contribution in [0.4, 0.5) is 5.69 Å². The average molecular weight is 355 g/mol. The Labute approximate surface area is 149 Å². The van der Waals surface area contributed by atoms with Gasteiger partial charge >= 0.3 is 5.97 Å². The maximum absolute atomic E-state index is 11.4. The molecule has 2 heterocycles. The molecule has 0 amide bonds. The molecule has 0 aliphatic carbocycles. The molecule has 0 aliphatic rings. The molecule has 0 saturated carbocycles. The molecule has 0 radical (unpaired) electrons. The van der Waals surface area contributed by atoms with Gasteiger partial charge < -0.3 is 9.47 Å². The molecular formula is C18H17N3O5. The lowest BCUT2D eigenvalue weighted by molar-refractivity contribution is -0.385. The van der Waals surface area contributed by atoms with E-state index in [1.807, 2.05) is 19.1 Å². The number of carbonyl (C=O) groups excluding carboxylic acids is 1. The predicted octanol–water partition coefficient (Wildman–Crippen LogP) is 3.24. The van der Waals surface area contributed by atoms with Gasteiger partial charge in [0.05, 0.1) is 23.4 Å². The molecule has 3 rings (SSSR count). The van der Waals surface area contributed by atoms with Gasteiger partial charge in [0.1, 0.15) is 11.4 Å². The van der Waals surface area contributed by atoms with Crippen LogP contribution in [0.15, 0.2) is 48.8 Å². The zero-order valence-electron chi connectivity index (χ0n) is 14.1. The van der Waals surface area contributed by atoms with Crippen LogP contribution in [0.2, 0.25) is 0 Å². The molecular weight excluding hydrogens is 338 g/mol. The average Bonchev–Trinajstić information content (AvgIpc) is 3.08. The third-order valence-electron chi connectivity index (χ3n) is 3.62. The van der Waals surface area contributed by atoms with Crippen molar-refractivity contribution >= 4 is 17.3 Å². The zero-order chi connectivity index (χ0) is 18.5. The molecule has 0 aliphatic heterocycles. The highest BCUT2D eigenvalue weighted by Crippen LogP contribution is 2.23. The van der Waals surface area contributed by atoms with Crippen LogP contribution >= 0.6 is 0 Å². The second-order valence-corrected chi connectivity index (χ2v) is 5.57. The van der Waals surface area contributed by atoms with Crippen LogP contribution in [0.25, 0.3) is 16.9 Å². The molecule has 1 aromatic carbocycles. The van der Waals surface area contributed by atoms with E-state index in [1.165, 1.54) is 12.3 Å². The molecule has 0 fully saturated rings. The summed E-state index contributed by atoms with van der Waals surface area (Å²) >= 11 is 0. The van der Waals surface area contributed by atoms with Crippen LogP contribution in [-0.4, -0.2) is 33.5 Å². The van der Waals surface area contributed by atoms with Crippen molar-refractivity contribution in [1.29, 1.82) is 0 Å². The topological polar surface area (TPSA) is 96.0 Å². The first-order valence-electron chi connectivity index (χ1n) is 8.09. The second kappa shape index (κ2) is 7.64. The molecule has 8 heteroatoms. The van der Waals surface area contributed by atoms with Crippen molar-refractivity contribution in [2.24, 2.45) is 0 Å². The van der Waals surface area contributed by atoms with E-state index in [-0.39, 0.29) is 12.3 Å². The molecule has 0 spiro atoms. The van der Waals surface area contributed by atoms with Crippen molar-refractivity contribution in [2.75, 3.05) is 13.2 Å². The van der Waals surface area contributed by atoms with E-state index in [0.29, 0.717) is 23.7 Å². The number of nitrogens with zero attached hydrogens (tertiary/aromatic N) is 3. The number of fused-ring (bicyclic) bond motifs is 1. The van der Waals surface area contributed by atoms with Gasteiger partial charge in [-0.05, 0) is 36.8 Å². The Bertz CT molecular complexity index is 934. The van der Waals surface area contributed by atoms with E-state index < -0.39 is 10.9 Å². The van der Waals surface area contributed by atoms with Gasteiger partial charge in [0.2, 0.25) is 0 Å². The Morgan fingerprint density at radius 2 is 1.96 bits per heavy atom. The first-order valence-corrected chi connectivity index (χ1v) is 8.09. The third-order valence-corrected chi connectivity index (χ3v) is 3.62. The largest absolute Gasteiger partial charge is 0.482 e. The summed E-state index contributed by atoms with van der Waals surface area (Å²) in [6.07, 6.45) is 3.91. The molecule has 8 nitrogen and oxygen atoms in total. The van der Waals surface area contributed by atoms with Gasteiger partial charge in [0, 0.05) is 17.8 Å². The van der Waals surface area contributed by atoms with Crippen molar-refractivity contribution in [3.63, 3.8) is 0 Å². The van der Waals surface area contributed by atoms with E-state index in [0.717, 1.165) is 12.0 Å². The molecule has 26 heavy (non-hydrogen) atoms. The molecule has 2 aromatic heterocycles. The molecule has 0 saturated heterocycles. The fourth-order valence-electron chi connectivity index (χ4n) is 2.35. The smallest absolute Gasteiger partial charge is 0.344 e. The van der Waals surface area contributed by atoms with Gasteiger partial charge in [-0.1, -0.05) is 6.92 Å². The number of nitro groups is 1. The van der Waals surface area contributed by atoms with Gasteiger partial charge in [-0.15, -0.1) is 0 Å². The van der Waals surface area contributed by atoms with Crippen LogP contribution in [0, 0.1) is 10.1 Å². The van der Waals surface area contributed by atoms with Crippen LogP contribution in [0.1, 0.15) is 13.3 Å². The molecule has 134 valence electrons. The summed E-state index contributed by atoms with van der Waals surface area (Å²) in [5, 5.41) is 10.9. The number of carbonyl (C=O) groups is 1. The van der Waals surface area contributed by atoms with E-state index >= 15 is 0 Å². The van der Waals surface area contributed by atoms with Crippen molar-refractivity contribution in [3.05, 3.63) is 58.9 Å². The predicted molar refractivity (Wildman–Crippen MR) is 94.0 cm³/mol. The summed E-state index contributed by atoms with van der Waals surface area (Å²) in [6.45, 7) is 2.16. The third kappa shape index (κ3) is 3.97. The van der Waals surface area contributed by atoms with E-state index in [2.05, 4.69) is 4.98 Å². The number of imidazole rings is 1. The quantitative estimate of drug-likeness (QED) is 0.367. The molecule has 3 aromatic rings. The molecule has 0 atom stereocenters. The Hall–Kier alpha value is -3.42. The summed E-state index contributed by atoms with van der Waals surface area (Å²) in [5.74, 6) is 0.138. The van der Waals surface area contributed by atoms with Crippen LogP contribution in [0.5, 0.6) is 5.75 Å². The van der Waals surface area contributed by atoms with Gasteiger partial charge in [0.15, 0.2) is 6.61 Å². The minimum Gasteiger partial charge on any atom is -0.482 e. The van der Waals surface area contributed by atoms with Gasteiger partial charge in [-0.3, -0.25) is 14.5 Å². The van der Waals surface area contributed by atoms with Crippen molar-refractivity contribution in [3.8, 4) is 17.0 Å². The lowest BCUT2D eigenvalue weighted by Crippen LogP contribution is -2.15. The maximum Gasteiger partial charge on any atom is 0.344 e. The zero-order valence-corrected chi connectivity index (χ0v) is 14.1. The Morgan fingerprint density at radius 1 is 1.19 bits per heavy atom. The number of hydrogen-bond acceptors (Lipinski definition) is 6. The minimum absolute atomic E-state index is 0.000145. The van der Waals surface area contributed by atoms with Crippen LogP contribution < -0.4 is 4.74 Å². The summed E-state index contributed by atoms with van der Waals surface area (Å²) in [4.78, 5) is 26.3. The Balaban J connectivity index is 1.71. The Kier molecular flexibility index (Phi) is 5.12. The molecule has 0 N–H and O–H groups in total. The van der Waals surface area contributed by atoms with Crippen molar-refractivity contribution < 1.29 is 19.2 Å². The number of aromatic nitrogens is 2. The normalized spacial score (nSPS) is 10.7. The second-order valence-electron chi connectivity index (χ2n) is 5.57. The van der Waals surface area contributed by atoms with Crippen LogP contribution in [0.3, 0.4) is 0 Å². The summed E-state index contributed by atoms with van der Waals surface area (Å²) in [7, 11) is 0. The number of esters is 1. The van der Waals surface area contributed by atoms with E-state index in [1.54, 1.807) is 28.8 Å². The highest BCUT2D eigenvalue weighted by Gasteiger charge is 2.10. The van der Waals surface area contributed by atoms with Crippen molar-refractivity contribution in [1.82, 2.24) is 9.38 Å². The summed E-state index contributed by atoms with van der Waals surface area (Å²) in [6, 6.07) is 10.1. The van der Waals surface area contributed by atoms with E-state index in [9.17, 15) is 14.9 Å². The number of pyridine rings is 1. The van der Waals surface area contributed by atoms with Gasteiger partial charge in [-0.25, -0.2) is 9.78 Å². The summed E-state index contributed by atoms with van der Waals surface area (Å²) < 4.78 is 11.9. The standard InChI is InChI=1S/C18H17N3O5/c1-2-9-25-18(22)12-26-15-6-3-13(4-7-15)16-11-20-10-14(21(23)24)5-8-17(20)19-16/h3-8,10-11H,2,9,12H2,1H3. The fourth-order valence-corrected chi connectivity index (χ4v) is 2.35. The first-order chi connectivity index (χ1) is 12.6. The Morgan fingerprint density at radius 3 is 2.65 bits per heavy atom. The lowest BCUT2D eigenvalue weighted by Gasteiger charge is -2.06. The number of hydrogen-bond donors (Lipinski definition) is 0. The molecule has 0 unspecified atom stereocenters. The number of ether oxygens (including phenoxy) is 2. The number of benzene rings is 1. The highest BCUT2D eigenvalue weighted by molar-refractivity contribution is 5.71. The highest BCUT2D eigenvalue weighted by atomic mass is 16.6.